The van der Waals surface area contributed by atoms with Crippen molar-refractivity contribution in [1.29, 1.82) is 0 Å². The summed E-state index contributed by atoms with van der Waals surface area (Å²) in [6, 6.07) is 48.6. The molecule has 3 aromatic heterocycles. The highest BCUT2D eigenvalue weighted by Crippen LogP contribution is 2.44. The van der Waals surface area contributed by atoms with E-state index in [4.69, 9.17) is 4.98 Å². The third-order valence-electron chi connectivity index (χ3n) is 9.55. The van der Waals surface area contributed by atoms with Crippen LogP contribution in [0.5, 0.6) is 0 Å². The number of benzene rings is 6. The number of rotatable bonds is 4. The summed E-state index contributed by atoms with van der Waals surface area (Å²) < 4.78 is 5.33. The standard InChI is InChI=1S/C42H28N4S2/c1-3-13-38-33(7-1)35-11-5-9-31(40(35)47-38)27-15-19-29(20-16-27)45-23-24-46(42-37(45)25-43-26-44-42)30-21-17-28(18-22-30)32-10-6-12-36-34-8-2-4-14-39(34)48-41(32)36/h1-22,25-26H,23-24H2. The van der Waals surface area contributed by atoms with Gasteiger partial charge in [-0.15, -0.1) is 22.7 Å². The Balaban J connectivity index is 0.958. The quantitative estimate of drug-likeness (QED) is 0.189. The monoisotopic (exact) mass is 652 g/mol. The van der Waals surface area contributed by atoms with Crippen LogP contribution >= 0.6 is 22.7 Å². The fourth-order valence-corrected chi connectivity index (χ4v) is 9.73. The van der Waals surface area contributed by atoms with Crippen LogP contribution in [0, 0.1) is 0 Å². The van der Waals surface area contributed by atoms with Gasteiger partial charge in [-0.1, -0.05) is 97.1 Å². The summed E-state index contributed by atoms with van der Waals surface area (Å²) in [5, 5.41) is 5.30. The molecule has 0 unspecified atom stereocenters. The molecule has 9 aromatic rings. The van der Waals surface area contributed by atoms with Gasteiger partial charge in [-0.05, 0) is 58.7 Å². The van der Waals surface area contributed by atoms with Crippen LogP contribution in [0.3, 0.4) is 0 Å². The molecule has 0 N–H and O–H groups in total. The van der Waals surface area contributed by atoms with Gasteiger partial charge in [-0.25, -0.2) is 9.97 Å². The number of anilines is 4. The number of hydrogen-bond donors (Lipinski definition) is 0. The SMILES string of the molecule is c1ccc2c(c1)sc1c(-c3ccc(N4CCN(c5ccc(-c6cccc7c6sc6ccccc67)cc5)c5ncncc54)cc3)cccc12. The Morgan fingerprint density at radius 1 is 0.479 bits per heavy atom. The third kappa shape index (κ3) is 4.34. The summed E-state index contributed by atoms with van der Waals surface area (Å²) in [7, 11) is 0. The van der Waals surface area contributed by atoms with Gasteiger partial charge < -0.3 is 9.80 Å². The molecule has 0 aliphatic carbocycles. The van der Waals surface area contributed by atoms with Crippen LogP contribution in [0.2, 0.25) is 0 Å². The number of aromatic nitrogens is 2. The molecule has 0 radical (unpaired) electrons. The molecule has 4 nitrogen and oxygen atoms in total. The highest BCUT2D eigenvalue weighted by molar-refractivity contribution is 7.26. The van der Waals surface area contributed by atoms with Crippen molar-refractivity contribution in [2.24, 2.45) is 0 Å². The van der Waals surface area contributed by atoms with Crippen molar-refractivity contribution in [1.82, 2.24) is 9.97 Å². The first-order valence-electron chi connectivity index (χ1n) is 16.2. The highest BCUT2D eigenvalue weighted by Gasteiger charge is 2.26. The summed E-state index contributed by atoms with van der Waals surface area (Å²) in [6.07, 6.45) is 3.59. The fourth-order valence-electron chi connectivity index (χ4n) is 7.25. The van der Waals surface area contributed by atoms with Crippen LogP contribution in [0.25, 0.3) is 62.6 Å². The smallest absolute Gasteiger partial charge is 0.160 e. The Bertz CT molecular complexity index is 2450. The molecule has 4 heterocycles. The maximum Gasteiger partial charge on any atom is 0.160 e. The van der Waals surface area contributed by atoms with Crippen LogP contribution in [0.15, 0.2) is 146 Å². The molecule has 228 valence electrons. The van der Waals surface area contributed by atoms with Crippen LogP contribution < -0.4 is 9.80 Å². The van der Waals surface area contributed by atoms with Crippen LogP contribution in [-0.2, 0) is 0 Å². The van der Waals surface area contributed by atoms with Gasteiger partial charge >= 0.3 is 0 Å². The molecule has 48 heavy (non-hydrogen) atoms. The third-order valence-corrected chi connectivity index (χ3v) is 12.0. The zero-order chi connectivity index (χ0) is 31.6. The topological polar surface area (TPSA) is 32.3 Å². The minimum atomic E-state index is 0.818. The van der Waals surface area contributed by atoms with Crippen LogP contribution in [0.4, 0.5) is 22.9 Å². The average Bonchev–Trinajstić information content (AvgIpc) is 3.73. The van der Waals surface area contributed by atoms with Crippen molar-refractivity contribution in [3.05, 3.63) is 146 Å². The van der Waals surface area contributed by atoms with E-state index in [2.05, 4.69) is 148 Å². The van der Waals surface area contributed by atoms with Crippen molar-refractivity contribution in [2.45, 2.75) is 0 Å². The Morgan fingerprint density at radius 3 is 1.56 bits per heavy atom. The molecular formula is C42H28N4S2. The van der Waals surface area contributed by atoms with Crippen molar-refractivity contribution < 1.29 is 0 Å². The molecule has 0 atom stereocenters. The van der Waals surface area contributed by atoms with Crippen LogP contribution in [-0.4, -0.2) is 23.1 Å². The second-order valence-corrected chi connectivity index (χ2v) is 14.3. The largest absolute Gasteiger partial charge is 0.335 e. The summed E-state index contributed by atoms with van der Waals surface area (Å²) >= 11 is 3.75. The summed E-state index contributed by atoms with van der Waals surface area (Å²) in [6.45, 7) is 1.65. The van der Waals surface area contributed by atoms with E-state index in [-0.39, 0.29) is 0 Å². The van der Waals surface area contributed by atoms with E-state index in [0.29, 0.717) is 0 Å². The van der Waals surface area contributed by atoms with Gasteiger partial charge in [0, 0.05) is 64.8 Å². The molecule has 10 rings (SSSR count). The lowest BCUT2D eigenvalue weighted by Crippen LogP contribution is -2.37. The number of hydrogen-bond acceptors (Lipinski definition) is 6. The van der Waals surface area contributed by atoms with E-state index in [0.717, 1.165) is 36.0 Å². The molecule has 6 aromatic carbocycles. The summed E-state index contributed by atoms with van der Waals surface area (Å²) in [4.78, 5) is 13.9. The first-order chi connectivity index (χ1) is 23.8. The van der Waals surface area contributed by atoms with Gasteiger partial charge in [0.2, 0.25) is 0 Å². The molecule has 1 aliphatic heterocycles. The van der Waals surface area contributed by atoms with Gasteiger partial charge in [-0.2, -0.15) is 0 Å². The van der Waals surface area contributed by atoms with Crippen molar-refractivity contribution in [2.75, 3.05) is 22.9 Å². The van der Waals surface area contributed by atoms with E-state index in [9.17, 15) is 0 Å². The van der Waals surface area contributed by atoms with Gasteiger partial charge in [0.25, 0.3) is 0 Å². The first-order valence-corrected chi connectivity index (χ1v) is 17.8. The van der Waals surface area contributed by atoms with Gasteiger partial charge in [-0.3, -0.25) is 0 Å². The second-order valence-electron chi connectivity index (χ2n) is 12.2. The molecule has 0 saturated heterocycles. The summed E-state index contributed by atoms with van der Waals surface area (Å²) in [5.41, 5.74) is 8.30. The number of fused-ring (bicyclic) bond motifs is 7. The average molecular weight is 653 g/mol. The lowest BCUT2D eigenvalue weighted by Gasteiger charge is -2.37. The minimum Gasteiger partial charge on any atom is -0.335 e. The maximum absolute atomic E-state index is 4.79. The van der Waals surface area contributed by atoms with E-state index in [1.807, 2.05) is 28.9 Å². The molecular weight excluding hydrogens is 625 g/mol. The zero-order valence-corrected chi connectivity index (χ0v) is 27.5. The molecule has 1 aliphatic rings. The van der Waals surface area contributed by atoms with Crippen LogP contribution in [0.1, 0.15) is 0 Å². The Hall–Kier alpha value is -5.56. The normalized spacial score (nSPS) is 13.2. The molecule has 0 bridgehead atoms. The summed E-state index contributed by atoms with van der Waals surface area (Å²) in [5.74, 6) is 0.926. The second kappa shape index (κ2) is 11.0. The van der Waals surface area contributed by atoms with Gasteiger partial charge in [0.05, 0.1) is 6.20 Å². The number of nitrogens with zero attached hydrogens (tertiary/aromatic N) is 4. The molecule has 0 amide bonds. The highest BCUT2D eigenvalue weighted by atomic mass is 32.1. The van der Waals surface area contributed by atoms with Crippen molar-refractivity contribution in [3.8, 4) is 22.3 Å². The Labute approximate surface area is 285 Å². The lowest BCUT2D eigenvalue weighted by molar-refractivity contribution is 0.825. The van der Waals surface area contributed by atoms with Gasteiger partial charge in [0.1, 0.15) is 12.0 Å². The Kier molecular flexibility index (Phi) is 6.32. The van der Waals surface area contributed by atoms with Gasteiger partial charge in [0.15, 0.2) is 5.82 Å². The first kappa shape index (κ1) is 27.5. The molecule has 0 saturated carbocycles. The van der Waals surface area contributed by atoms with Crippen molar-refractivity contribution in [3.63, 3.8) is 0 Å². The fraction of sp³-hybridized carbons (Fsp3) is 0.0476. The predicted octanol–water partition coefficient (Wildman–Crippen LogP) is 11.8. The maximum atomic E-state index is 4.79. The van der Waals surface area contributed by atoms with E-state index in [1.54, 1.807) is 6.33 Å². The zero-order valence-electron chi connectivity index (χ0n) is 25.9. The number of thiophene rings is 2. The predicted molar refractivity (Wildman–Crippen MR) is 206 cm³/mol. The van der Waals surface area contributed by atoms with E-state index in [1.165, 1.54) is 62.6 Å². The van der Waals surface area contributed by atoms with Crippen molar-refractivity contribution >= 4 is 85.9 Å². The molecule has 0 fully saturated rings. The lowest BCUT2D eigenvalue weighted by atomic mass is 10.0. The van der Waals surface area contributed by atoms with E-state index < -0.39 is 0 Å². The molecule has 0 spiro atoms. The minimum absolute atomic E-state index is 0.818. The van der Waals surface area contributed by atoms with E-state index >= 15 is 0 Å². The Morgan fingerprint density at radius 2 is 0.979 bits per heavy atom. The molecule has 6 heteroatoms.